The number of anilines is 2. The first-order chi connectivity index (χ1) is 21.6. The fraction of sp³-hybridized carbons (Fsp3) is 0. The molecule has 12 N–H and O–H groups in total. The molecule has 2 rings (SSSR count). The molecule has 2 aromatic rings. The Bertz CT molecular complexity index is 1580. The second-order valence-corrected chi connectivity index (χ2v) is 8.37. The molecule has 0 unspecified atom stereocenters. The Balaban J connectivity index is 0.000000787. The summed E-state index contributed by atoms with van der Waals surface area (Å²) in [5, 5.41) is 59.7. The molecule has 0 radical (unpaired) electrons. The van der Waals surface area contributed by atoms with E-state index in [2.05, 4.69) is 31.0 Å². The van der Waals surface area contributed by atoms with Crippen molar-refractivity contribution in [3.8, 4) is 0 Å². The summed E-state index contributed by atoms with van der Waals surface area (Å²) in [5.41, 5.74) is 17.4. The van der Waals surface area contributed by atoms with Crippen LogP contribution in [0.4, 0.5) is 34.1 Å². The zero-order chi connectivity index (χ0) is 36.5. The lowest BCUT2D eigenvalue weighted by atomic mass is 10.2. The number of hydrogen-bond donors (Lipinski definition) is 8. The topological polar surface area (TPSA) is 459 Å². The first kappa shape index (κ1) is 39.7. The van der Waals surface area contributed by atoms with Crippen LogP contribution in [-0.2, 0) is 20.0 Å². The van der Waals surface area contributed by atoms with Crippen molar-refractivity contribution in [2.75, 3.05) is 10.6 Å². The van der Waals surface area contributed by atoms with Crippen LogP contribution in [0.3, 0.4) is 0 Å². The number of amides is 2. The molecule has 0 bridgehead atoms. The van der Waals surface area contributed by atoms with Crippen molar-refractivity contribution in [3.63, 3.8) is 0 Å². The van der Waals surface area contributed by atoms with E-state index in [-0.39, 0.29) is 23.3 Å². The molecule has 0 fully saturated rings. The van der Waals surface area contributed by atoms with E-state index in [4.69, 9.17) is 40.5 Å². The lowest BCUT2D eigenvalue weighted by Gasteiger charge is -2.01. The molecule has 0 saturated carbocycles. The van der Waals surface area contributed by atoms with Gasteiger partial charge in [0.25, 0.3) is 34.6 Å². The SMILES string of the molecule is NC(N)=NN=CC(=O)Nc1cc([N+](=O)[O-])cc([N+](=O)[O-])c1.NC(N)=NN=CC(=O)Nc1cc([N+](=O)[O-])cc([N+](=O)[O-])c1.O=S(=O)(O)O. The molecule has 2 aromatic carbocycles. The molecule has 252 valence electrons. The zero-order valence-corrected chi connectivity index (χ0v) is 23.5. The highest BCUT2D eigenvalue weighted by atomic mass is 32.3. The van der Waals surface area contributed by atoms with Crippen LogP contribution < -0.4 is 33.6 Å². The van der Waals surface area contributed by atoms with Gasteiger partial charge in [0.15, 0.2) is 0 Å². The van der Waals surface area contributed by atoms with Crippen molar-refractivity contribution in [3.05, 3.63) is 76.9 Å². The molecule has 0 atom stereocenters. The molecule has 28 nitrogen and oxygen atoms in total. The second-order valence-electron chi connectivity index (χ2n) is 7.47. The lowest BCUT2D eigenvalue weighted by molar-refractivity contribution is -0.394. The predicted molar refractivity (Wildman–Crippen MR) is 160 cm³/mol. The van der Waals surface area contributed by atoms with Crippen LogP contribution in [0.15, 0.2) is 56.8 Å². The average Bonchev–Trinajstić information content (AvgIpc) is 2.91. The van der Waals surface area contributed by atoms with Gasteiger partial charge in [0, 0.05) is 24.3 Å². The van der Waals surface area contributed by atoms with Gasteiger partial charge >= 0.3 is 10.4 Å². The first-order valence-electron chi connectivity index (χ1n) is 11.0. The summed E-state index contributed by atoms with van der Waals surface area (Å²) in [6.07, 6.45) is 1.40. The van der Waals surface area contributed by atoms with Gasteiger partial charge in [-0.3, -0.25) is 59.2 Å². The Morgan fingerprint density at radius 3 is 1.04 bits per heavy atom. The van der Waals surface area contributed by atoms with E-state index in [1.165, 1.54) is 0 Å². The number of benzene rings is 2. The summed E-state index contributed by atoms with van der Waals surface area (Å²) in [6, 6.07) is 5.36. The summed E-state index contributed by atoms with van der Waals surface area (Å²) in [5.74, 6) is -2.39. The van der Waals surface area contributed by atoms with Crippen molar-refractivity contribution >= 4 is 80.7 Å². The van der Waals surface area contributed by atoms with E-state index in [1.807, 2.05) is 0 Å². The Morgan fingerprint density at radius 2 is 0.851 bits per heavy atom. The number of non-ortho nitro benzene ring substituents is 4. The van der Waals surface area contributed by atoms with Gasteiger partial charge in [-0.2, -0.15) is 8.42 Å². The van der Waals surface area contributed by atoms with Crippen molar-refractivity contribution in [2.45, 2.75) is 0 Å². The smallest absolute Gasteiger partial charge is 0.369 e. The van der Waals surface area contributed by atoms with Crippen LogP contribution in [0.1, 0.15) is 0 Å². The van der Waals surface area contributed by atoms with Gasteiger partial charge in [0.2, 0.25) is 11.9 Å². The van der Waals surface area contributed by atoms with Crippen LogP contribution in [-0.4, -0.2) is 73.4 Å². The largest absolute Gasteiger partial charge is 0.394 e. The van der Waals surface area contributed by atoms with Gasteiger partial charge in [0.05, 0.1) is 43.2 Å². The van der Waals surface area contributed by atoms with E-state index in [0.717, 1.165) is 36.4 Å². The minimum absolute atomic E-state index is 0.142. The molecule has 29 heteroatoms. The fourth-order valence-corrected chi connectivity index (χ4v) is 2.40. The number of rotatable bonds is 10. The number of nitrogens with one attached hydrogen (secondary N) is 2. The van der Waals surface area contributed by atoms with E-state index in [0.29, 0.717) is 12.4 Å². The summed E-state index contributed by atoms with van der Waals surface area (Å²) in [6.45, 7) is 0. The Hall–Kier alpha value is -7.27. The molecule has 0 aromatic heterocycles. The third-order valence-corrected chi connectivity index (χ3v) is 3.88. The first-order valence-corrected chi connectivity index (χ1v) is 12.4. The molecule has 0 spiro atoms. The lowest BCUT2D eigenvalue weighted by Crippen LogP contribution is -2.22. The standard InChI is InChI=1S/2C9H9N7O5.H2O4S/c2*10-9(11)14-12-4-8(17)13-5-1-6(15(18)19)3-7(2-5)16(20)21;1-5(2,3)4/h2*1-4H,(H,13,17)(H4,10,11,14);(H2,1,2,3,4). The number of nitrogens with zero attached hydrogens (tertiary/aromatic N) is 8. The minimum atomic E-state index is -4.67. The van der Waals surface area contributed by atoms with Gasteiger partial charge in [-0.25, -0.2) is 0 Å². The maximum absolute atomic E-state index is 11.4. The van der Waals surface area contributed by atoms with Crippen LogP contribution in [0.25, 0.3) is 0 Å². The highest BCUT2D eigenvalue weighted by Gasteiger charge is 2.18. The van der Waals surface area contributed by atoms with Crippen LogP contribution in [0, 0.1) is 40.5 Å². The molecule has 0 heterocycles. The number of nitro groups is 4. The van der Waals surface area contributed by atoms with Crippen LogP contribution >= 0.6 is 0 Å². The number of guanidine groups is 2. The van der Waals surface area contributed by atoms with Crippen molar-refractivity contribution in [1.29, 1.82) is 0 Å². The summed E-state index contributed by atoms with van der Waals surface area (Å²) < 4.78 is 31.6. The number of hydrogen-bond acceptors (Lipinski definition) is 16. The average molecular weight is 689 g/mol. The van der Waals surface area contributed by atoms with Gasteiger partial charge < -0.3 is 33.6 Å². The molecular weight excluding hydrogens is 668 g/mol. The van der Waals surface area contributed by atoms with Gasteiger partial charge in [0.1, 0.15) is 12.4 Å². The van der Waals surface area contributed by atoms with E-state index >= 15 is 0 Å². The van der Waals surface area contributed by atoms with E-state index in [9.17, 15) is 50.0 Å². The zero-order valence-electron chi connectivity index (χ0n) is 22.7. The number of nitrogens with two attached hydrogens (primary N) is 4. The summed E-state index contributed by atoms with van der Waals surface area (Å²) in [7, 11) is -4.67. The Labute approximate surface area is 258 Å². The van der Waals surface area contributed by atoms with Crippen LogP contribution in [0.5, 0.6) is 0 Å². The van der Waals surface area contributed by atoms with Crippen molar-refractivity contribution < 1.29 is 46.8 Å². The maximum atomic E-state index is 11.4. The molecule has 0 saturated heterocycles. The quantitative estimate of drug-likeness (QED) is 0.0475. The highest BCUT2D eigenvalue weighted by Crippen LogP contribution is 2.26. The van der Waals surface area contributed by atoms with Gasteiger partial charge in [-0.1, -0.05) is 0 Å². The molecule has 0 aliphatic rings. The Morgan fingerprint density at radius 1 is 0.617 bits per heavy atom. The summed E-state index contributed by atoms with van der Waals surface area (Å²) in [4.78, 5) is 62.2. The third kappa shape index (κ3) is 18.8. The van der Waals surface area contributed by atoms with Crippen molar-refractivity contribution in [2.24, 2.45) is 43.3 Å². The van der Waals surface area contributed by atoms with E-state index < -0.39 is 64.7 Å². The normalized spacial score (nSPS) is 10.3. The summed E-state index contributed by atoms with van der Waals surface area (Å²) >= 11 is 0. The minimum Gasteiger partial charge on any atom is -0.369 e. The second kappa shape index (κ2) is 18.4. The molecule has 2 amide bonds. The van der Waals surface area contributed by atoms with Crippen molar-refractivity contribution in [1.82, 2.24) is 0 Å². The Kier molecular flexibility index (Phi) is 15.6. The fourth-order valence-electron chi connectivity index (χ4n) is 2.40. The predicted octanol–water partition coefficient (Wildman–Crippen LogP) is -1.25. The van der Waals surface area contributed by atoms with Gasteiger partial charge in [-0.15, -0.1) is 20.4 Å². The molecule has 0 aliphatic heterocycles. The highest BCUT2D eigenvalue weighted by molar-refractivity contribution is 7.79. The molecule has 0 aliphatic carbocycles. The monoisotopic (exact) mass is 688 g/mol. The number of carbonyl (C=O) groups excluding carboxylic acids is 2. The molecular formula is C18H20N14O14S. The molecule has 47 heavy (non-hydrogen) atoms. The van der Waals surface area contributed by atoms with E-state index in [1.54, 1.807) is 0 Å². The third-order valence-electron chi connectivity index (χ3n) is 3.88. The number of carbonyl (C=O) groups is 2. The maximum Gasteiger partial charge on any atom is 0.394 e. The van der Waals surface area contributed by atoms with Gasteiger partial charge in [-0.05, 0) is 0 Å². The van der Waals surface area contributed by atoms with Crippen LogP contribution in [0.2, 0.25) is 0 Å². The number of nitro benzene ring substituents is 4.